The molecule has 0 radical (unpaired) electrons. The predicted molar refractivity (Wildman–Crippen MR) is 87.6 cm³/mol. The number of nitrogens with zero attached hydrogens (tertiary/aromatic N) is 4. The number of ether oxygens (including phenoxy) is 1. The highest BCUT2D eigenvalue weighted by atomic mass is 32.2. The molecule has 130 valence electrons. The van der Waals surface area contributed by atoms with E-state index in [2.05, 4.69) is 25.4 Å². The average molecular weight is 359 g/mol. The van der Waals surface area contributed by atoms with Crippen molar-refractivity contribution in [1.82, 2.24) is 25.4 Å². The Kier molecular flexibility index (Phi) is 5.05. The Labute approximate surface area is 148 Å². The van der Waals surface area contributed by atoms with Gasteiger partial charge in [-0.15, -0.1) is 0 Å². The molecule has 8 nitrogen and oxygen atoms in total. The Morgan fingerprint density at radius 2 is 2.12 bits per heavy atom. The number of nitrogens with one attached hydrogen (secondary N) is 1. The number of hydrogen-bond acceptors (Lipinski definition) is 9. The molecule has 0 aliphatic carbocycles. The lowest BCUT2D eigenvalue weighted by Gasteiger charge is -2.01. The summed E-state index contributed by atoms with van der Waals surface area (Å²) in [5, 5.41) is 8.62. The molecule has 1 N–H and O–H groups in total. The van der Waals surface area contributed by atoms with E-state index in [1.807, 2.05) is 12.1 Å². The van der Waals surface area contributed by atoms with E-state index in [1.54, 1.807) is 18.5 Å². The number of aromatic nitrogens is 4. The lowest BCUT2D eigenvalue weighted by Crippen LogP contribution is -2.13. The van der Waals surface area contributed by atoms with Gasteiger partial charge in [0.1, 0.15) is 11.9 Å². The minimum Gasteiger partial charge on any atom is -0.453 e. The lowest BCUT2D eigenvalue weighted by atomic mass is 10.2. The summed E-state index contributed by atoms with van der Waals surface area (Å²) < 4.78 is 16.5. The average Bonchev–Trinajstić information content (AvgIpc) is 3.37. The zero-order chi connectivity index (χ0) is 16.9. The summed E-state index contributed by atoms with van der Waals surface area (Å²) in [6.07, 6.45) is 5.33. The van der Waals surface area contributed by atoms with Gasteiger partial charge in [0.15, 0.2) is 16.1 Å². The van der Waals surface area contributed by atoms with Crippen molar-refractivity contribution in [1.29, 1.82) is 0 Å². The summed E-state index contributed by atoms with van der Waals surface area (Å²) in [7, 11) is 0. The Morgan fingerprint density at radius 3 is 2.96 bits per heavy atom. The van der Waals surface area contributed by atoms with Crippen LogP contribution in [0.5, 0.6) is 0 Å². The molecule has 1 saturated heterocycles. The van der Waals surface area contributed by atoms with Crippen LogP contribution in [-0.2, 0) is 17.8 Å². The van der Waals surface area contributed by atoms with Gasteiger partial charge in [-0.05, 0) is 42.8 Å². The molecule has 0 aromatic carbocycles. The first-order valence-electron chi connectivity index (χ1n) is 8.05. The fourth-order valence-corrected chi connectivity index (χ4v) is 3.17. The molecule has 4 heterocycles. The second kappa shape index (κ2) is 7.77. The summed E-state index contributed by atoms with van der Waals surface area (Å²) in [6, 6.07) is 5.61. The topological polar surface area (TPSA) is 99.1 Å². The molecule has 1 fully saturated rings. The van der Waals surface area contributed by atoms with Crippen LogP contribution in [-0.4, -0.2) is 26.7 Å². The third kappa shape index (κ3) is 4.25. The highest BCUT2D eigenvalue weighted by Gasteiger charge is 2.23. The maximum atomic E-state index is 5.75. The van der Waals surface area contributed by atoms with Crippen LogP contribution in [0.1, 0.15) is 36.4 Å². The number of hydrogen-bond donors (Lipinski definition) is 1. The molecular formula is C16H17N5O3S. The molecule has 0 amide bonds. The standard InChI is InChI=1S/C16H17N5O3S/c1-3-12(22-8-1)15-20-13(21-24-15)10-17-9-11-4-5-14(23-11)25-16-18-6-2-7-19-16/h2,4-7,12,17H,1,3,8-10H2/t12-/m0/s1. The number of rotatable bonds is 7. The van der Waals surface area contributed by atoms with Gasteiger partial charge in [-0.25, -0.2) is 9.97 Å². The summed E-state index contributed by atoms with van der Waals surface area (Å²) in [5.41, 5.74) is 0. The molecular weight excluding hydrogens is 342 g/mol. The first kappa shape index (κ1) is 16.2. The first-order chi connectivity index (χ1) is 12.4. The third-order valence-corrected chi connectivity index (χ3v) is 4.46. The van der Waals surface area contributed by atoms with Crippen molar-refractivity contribution in [2.45, 2.75) is 42.3 Å². The normalized spacial score (nSPS) is 17.2. The Morgan fingerprint density at radius 1 is 1.20 bits per heavy atom. The van der Waals surface area contributed by atoms with Crippen molar-refractivity contribution in [2.75, 3.05) is 6.61 Å². The van der Waals surface area contributed by atoms with E-state index in [0.29, 0.717) is 30.0 Å². The van der Waals surface area contributed by atoms with Crippen LogP contribution in [0, 0.1) is 0 Å². The largest absolute Gasteiger partial charge is 0.453 e. The molecule has 1 aliphatic rings. The molecule has 1 atom stereocenters. The number of furan rings is 1. The van der Waals surface area contributed by atoms with Crippen LogP contribution >= 0.6 is 11.8 Å². The van der Waals surface area contributed by atoms with Crippen LogP contribution in [0.3, 0.4) is 0 Å². The smallest absolute Gasteiger partial charge is 0.255 e. The maximum absolute atomic E-state index is 5.75. The second-order valence-corrected chi connectivity index (χ2v) is 6.48. The van der Waals surface area contributed by atoms with Crippen LogP contribution < -0.4 is 5.32 Å². The van der Waals surface area contributed by atoms with Crippen LogP contribution in [0.15, 0.2) is 49.8 Å². The zero-order valence-electron chi connectivity index (χ0n) is 13.4. The minimum absolute atomic E-state index is 0.0499. The first-order valence-corrected chi connectivity index (χ1v) is 8.87. The van der Waals surface area contributed by atoms with E-state index in [9.17, 15) is 0 Å². The van der Waals surface area contributed by atoms with Gasteiger partial charge in [0, 0.05) is 19.0 Å². The summed E-state index contributed by atoms with van der Waals surface area (Å²) in [5.74, 6) is 2.00. The molecule has 0 unspecified atom stereocenters. The van der Waals surface area contributed by atoms with Gasteiger partial charge >= 0.3 is 0 Å². The Bertz CT molecular complexity index is 801. The summed E-state index contributed by atoms with van der Waals surface area (Å²) in [6.45, 7) is 1.83. The van der Waals surface area contributed by atoms with E-state index in [0.717, 1.165) is 30.3 Å². The molecule has 0 bridgehead atoms. The van der Waals surface area contributed by atoms with Crippen molar-refractivity contribution in [3.05, 3.63) is 48.1 Å². The van der Waals surface area contributed by atoms with Crippen molar-refractivity contribution in [3.8, 4) is 0 Å². The quantitative estimate of drug-likeness (QED) is 0.638. The van der Waals surface area contributed by atoms with Crippen LogP contribution in [0.25, 0.3) is 0 Å². The van der Waals surface area contributed by atoms with E-state index in [1.165, 1.54) is 11.8 Å². The van der Waals surface area contributed by atoms with Gasteiger partial charge in [0.05, 0.1) is 13.1 Å². The molecule has 0 spiro atoms. The Balaban J connectivity index is 1.26. The molecule has 25 heavy (non-hydrogen) atoms. The summed E-state index contributed by atoms with van der Waals surface area (Å²) >= 11 is 1.39. The van der Waals surface area contributed by atoms with Crippen LogP contribution in [0.2, 0.25) is 0 Å². The third-order valence-electron chi connectivity index (χ3n) is 3.64. The van der Waals surface area contributed by atoms with Gasteiger partial charge in [0.25, 0.3) is 5.89 Å². The van der Waals surface area contributed by atoms with E-state index in [-0.39, 0.29) is 6.10 Å². The fraction of sp³-hybridized carbons (Fsp3) is 0.375. The van der Waals surface area contributed by atoms with E-state index >= 15 is 0 Å². The van der Waals surface area contributed by atoms with Crippen molar-refractivity contribution in [3.63, 3.8) is 0 Å². The van der Waals surface area contributed by atoms with Crippen molar-refractivity contribution in [2.24, 2.45) is 0 Å². The molecule has 9 heteroatoms. The molecule has 4 rings (SSSR count). The lowest BCUT2D eigenvalue weighted by molar-refractivity contribution is 0.0835. The minimum atomic E-state index is -0.0499. The van der Waals surface area contributed by atoms with Gasteiger partial charge in [-0.2, -0.15) is 4.98 Å². The van der Waals surface area contributed by atoms with Crippen molar-refractivity contribution >= 4 is 11.8 Å². The highest BCUT2D eigenvalue weighted by Crippen LogP contribution is 2.27. The van der Waals surface area contributed by atoms with Gasteiger partial charge in [-0.1, -0.05) is 5.16 Å². The molecule has 3 aromatic rings. The molecule has 3 aromatic heterocycles. The van der Waals surface area contributed by atoms with E-state index < -0.39 is 0 Å². The van der Waals surface area contributed by atoms with E-state index in [4.69, 9.17) is 13.7 Å². The van der Waals surface area contributed by atoms with Gasteiger partial charge < -0.3 is 19.0 Å². The molecule has 1 aliphatic heterocycles. The van der Waals surface area contributed by atoms with Gasteiger partial charge in [0.2, 0.25) is 0 Å². The second-order valence-electron chi connectivity index (χ2n) is 5.51. The van der Waals surface area contributed by atoms with Crippen molar-refractivity contribution < 1.29 is 13.7 Å². The monoisotopic (exact) mass is 359 g/mol. The van der Waals surface area contributed by atoms with Crippen LogP contribution in [0.4, 0.5) is 0 Å². The Hall–Kier alpha value is -2.23. The fourth-order valence-electron chi connectivity index (χ4n) is 2.48. The highest BCUT2D eigenvalue weighted by molar-refractivity contribution is 7.99. The predicted octanol–water partition coefficient (Wildman–Crippen LogP) is 2.75. The molecule has 0 saturated carbocycles. The van der Waals surface area contributed by atoms with Gasteiger partial charge in [-0.3, -0.25) is 0 Å². The summed E-state index contributed by atoms with van der Waals surface area (Å²) in [4.78, 5) is 12.7. The SMILES string of the molecule is c1cnc(Sc2ccc(CNCc3noc([C@@H]4CCCO4)n3)o2)nc1. The maximum Gasteiger partial charge on any atom is 0.255 e. The zero-order valence-corrected chi connectivity index (χ0v) is 14.2.